The van der Waals surface area contributed by atoms with E-state index in [0.29, 0.717) is 24.2 Å². The van der Waals surface area contributed by atoms with E-state index in [-0.39, 0.29) is 15.5 Å². The van der Waals surface area contributed by atoms with Crippen LogP contribution in [0.1, 0.15) is 15.9 Å². The maximum absolute atomic E-state index is 13.7. The zero-order chi connectivity index (χ0) is 23.2. The van der Waals surface area contributed by atoms with Gasteiger partial charge in [0.05, 0.1) is 11.1 Å². The second kappa shape index (κ2) is 7.79. The minimum absolute atomic E-state index is 0.0736. The van der Waals surface area contributed by atoms with Crippen LogP contribution in [0.15, 0.2) is 87.6 Å². The molecule has 0 bridgehead atoms. The maximum atomic E-state index is 13.7. The van der Waals surface area contributed by atoms with Crippen LogP contribution in [0.4, 0.5) is 11.4 Å². The molecule has 166 valence electrons. The van der Waals surface area contributed by atoms with Gasteiger partial charge in [-0.15, -0.1) is 0 Å². The van der Waals surface area contributed by atoms with Crippen molar-refractivity contribution in [2.24, 2.45) is 0 Å². The molecule has 0 aliphatic carbocycles. The van der Waals surface area contributed by atoms with Crippen molar-refractivity contribution in [1.82, 2.24) is 9.55 Å². The second-order valence-corrected chi connectivity index (χ2v) is 9.62. The molecule has 9 heteroatoms. The Labute approximate surface area is 189 Å². The molecule has 4 aromatic rings. The standard InChI is InChI=1S/C24H20N4O4S/c25-17-8-6-16(7-9-17)23(29)28-14-21(27-24(28)30)33(31,32)20-11-10-19-18(12-13-26-19)22(20)15-4-2-1-3-5-15/h1-11,14,26H,12-13,25H2,(H,27,30). The number of H-pyrrole nitrogens is 1. The van der Waals surface area contributed by atoms with Gasteiger partial charge in [0.2, 0.25) is 9.84 Å². The van der Waals surface area contributed by atoms with Crippen LogP contribution in [-0.2, 0) is 16.3 Å². The molecule has 8 nitrogen and oxygen atoms in total. The van der Waals surface area contributed by atoms with E-state index >= 15 is 0 Å². The van der Waals surface area contributed by atoms with Crippen LogP contribution >= 0.6 is 0 Å². The number of imidazole rings is 1. The number of nitrogens with two attached hydrogens (primary N) is 1. The Morgan fingerprint density at radius 1 is 0.970 bits per heavy atom. The number of rotatable bonds is 4. The third kappa shape index (κ3) is 3.52. The Kier molecular flexibility index (Phi) is 4.90. The molecule has 0 unspecified atom stereocenters. The summed E-state index contributed by atoms with van der Waals surface area (Å²) in [7, 11) is -4.14. The quantitative estimate of drug-likeness (QED) is 0.402. The lowest BCUT2D eigenvalue weighted by Crippen LogP contribution is -2.24. The molecule has 33 heavy (non-hydrogen) atoms. The third-order valence-corrected chi connectivity index (χ3v) is 7.38. The zero-order valence-electron chi connectivity index (χ0n) is 17.4. The predicted molar refractivity (Wildman–Crippen MR) is 125 cm³/mol. The van der Waals surface area contributed by atoms with Gasteiger partial charge in [0.1, 0.15) is 0 Å². The SMILES string of the molecule is Nc1ccc(C(=O)n2cc(S(=O)(=O)c3ccc4c(c3-c3ccccc3)CCN4)[nH]c2=O)cc1. The number of aromatic amines is 1. The fourth-order valence-electron chi connectivity index (χ4n) is 4.06. The highest BCUT2D eigenvalue weighted by atomic mass is 32.2. The number of hydrogen-bond donors (Lipinski definition) is 3. The maximum Gasteiger partial charge on any atom is 0.333 e. The smallest absolute Gasteiger partial charge is 0.333 e. The van der Waals surface area contributed by atoms with E-state index in [2.05, 4.69) is 10.3 Å². The van der Waals surface area contributed by atoms with E-state index in [9.17, 15) is 18.0 Å². The molecule has 0 saturated carbocycles. The molecule has 1 aliphatic rings. The summed E-state index contributed by atoms with van der Waals surface area (Å²) >= 11 is 0. The first-order chi connectivity index (χ1) is 15.9. The van der Waals surface area contributed by atoms with E-state index in [1.807, 2.05) is 30.3 Å². The van der Waals surface area contributed by atoms with Gasteiger partial charge in [-0.25, -0.2) is 17.8 Å². The first kappa shape index (κ1) is 20.8. The Balaban J connectivity index is 1.64. The van der Waals surface area contributed by atoms with Crippen LogP contribution in [0.25, 0.3) is 11.1 Å². The molecule has 4 N–H and O–H groups in total. The van der Waals surface area contributed by atoms with Gasteiger partial charge in [-0.2, -0.15) is 0 Å². The molecule has 0 radical (unpaired) electrons. The molecular formula is C24H20N4O4S. The number of aromatic nitrogens is 2. The number of benzene rings is 3. The Morgan fingerprint density at radius 3 is 2.42 bits per heavy atom. The van der Waals surface area contributed by atoms with E-state index in [0.717, 1.165) is 27.6 Å². The molecule has 0 saturated heterocycles. The lowest BCUT2D eigenvalue weighted by Gasteiger charge is -2.14. The number of carbonyl (C=O) groups excluding carboxylic acids is 1. The van der Waals surface area contributed by atoms with Crippen LogP contribution in [0.5, 0.6) is 0 Å². The molecule has 0 atom stereocenters. The van der Waals surface area contributed by atoms with Crippen molar-refractivity contribution in [3.05, 3.63) is 94.5 Å². The summed E-state index contributed by atoms with van der Waals surface area (Å²) in [4.78, 5) is 27.7. The van der Waals surface area contributed by atoms with Gasteiger partial charge >= 0.3 is 5.69 Å². The van der Waals surface area contributed by atoms with E-state index in [1.54, 1.807) is 6.07 Å². The summed E-state index contributed by atoms with van der Waals surface area (Å²) in [6.07, 6.45) is 1.71. The van der Waals surface area contributed by atoms with Crippen molar-refractivity contribution in [2.45, 2.75) is 16.3 Å². The van der Waals surface area contributed by atoms with Crippen molar-refractivity contribution >= 4 is 27.1 Å². The number of sulfone groups is 1. The van der Waals surface area contributed by atoms with Crippen molar-refractivity contribution in [1.29, 1.82) is 0 Å². The second-order valence-electron chi connectivity index (χ2n) is 7.73. The fraction of sp³-hybridized carbons (Fsp3) is 0.0833. The number of fused-ring (bicyclic) bond motifs is 1. The number of nitrogens with zero attached hydrogens (tertiary/aromatic N) is 1. The fourth-order valence-corrected chi connectivity index (χ4v) is 5.52. The molecule has 5 rings (SSSR count). The predicted octanol–water partition coefficient (Wildman–Crippen LogP) is 2.91. The number of anilines is 2. The van der Waals surface area contributed by atoms with Crippen LogP contribution < -0.4 is 16.7 Å². The van der Waals surface area contributed by atoms with Gasteiger partial charge in [0.15, 0.2) is 5.03 Å². The van der Waals surface area contributed by atoms with Gasteiger partial charge in [-0.1, -0.05) is 30.3 Å². The number of nitrogen functional groups attached to an aromatic ring is 1. The lowest BCUT2D eigenvalue weighted by atomic mass is 9.98. The summed E-state index contributed by atoms with van der Waals surface area (Å²) in [5.74, 6) is -0.654. The molecule has 1 aliphatic heterocycles. The lowest BCUT2D eigenvalue weighted by molar-refractivity contribution is 0.0956. The highest BCUT2D eigenvalue weighted by Gasteiger charge is 2.29. The van der Waals surface area contributed by atoms with Crippen LogP contribution in [-0.4, -0.2) is 30.4 Å². The first-order valence-electron chi connectivity index (χ1n) is 10.3. The average molecular weight is 461 g/mol. The van der Waals surface area contributed by atoms with Gasteiger partial charge < -0.3 is 11.1 Å². The molecule has 3 aromatic carbocycles. The molecule has 2 heterocycles. The average Bonchev–Trinajstić information content (AvgIpc) is 3.46. The monoisotopic (exact) mass is 460 g/mol. The molecular weight excluding hydrogens is 440 g/mol. The largest absolute Gasteiger partial charge is 0.399 e. The summed E-state index contributed by atoms with van der Waals surface area (Å²) < 4.78 is 28.1. The molecule has 0 amide bonds. The molecule has 0 fully saturated rings. The Morgan fingerprint density at radius 2 is 1.70 bits per heavy atom. The van der Waals surface area contributed by atoms with Crippen molar-refractivity contribution in [2.75, 3.05) is 17.6 Å². The van der Waals surface area contributed by atoms with Gasteiger partial charge in [0.25, 0.3) is 5.91 Å². The van der Waals surface area contributed by atoms with Crippen LogP contribution in [0.2, 0.25) is 0 Å². The number of nitrogens with one attached hydrogen (secondary N) is 2. The minimum Gasteiger partial charge on any atom is -0.399 e. The Hall–Kier alpha value is -4.11. The summed E-state index contributed by atoms with van der Waals surface area (Å²) in [6, 6.07) is 18.5. The van der Waals surface area contributed by atoms with E-state index in [1.165, 1.54) is 30.3 Å². The third-order valence-electron chi connectivity index (χ3n) is 5.68. The molecule has 1 aromatic heterocycles. The summed E-state index contributed by atoms with van der Waals surface area (Å²) in [5.41, 5.74) is 8.64. The first-order valence-corrected chi connectivity index (χ1v) is 11.8. The zero-order valence-corrected chi connectivity index (χ0v) is 18.2. The van der Waals surface area contributed by atoms with Crippen molar-refractivity contribution in [3.63, 3.8) is 0 Å². The Bertz CT molecular complexity index is 1540. The highest BCUT2D eigenvalue weighted by Crippen LogP contribution is 2.39. The number of hydrogen-bond acceptors (Lipinski definition) is 6. The van der Waals surface area contributed by atoms with Crippen LogP contribution in [0, 0.1) is 0 Å². The van der Waals surface area contributed by atoms with Gasteiger partial charge in [0, 0.05) is 29.0 Å². The summed E-state index contributed by atoms with van der Waals surface area (Å²) in [6.45, 7) is 0.710. The van der Waals surface area contributed by atoms with E-state index in [4.69, 9.17) is 5.73 Å². The van der Waals surface area contributed by atoms with Gasteiger partial charge in [-0.05, 0) is 53.9 Å². The topological polar surface area (TPSA) is 127 Å². The van der Waals surface area contributed by atoms with E-state index < -0.39 is 21.4 Å². The highest BCUT2D eigenvalue weighted by molar-refractivity contribution is 7.91. The normalized spacial score (nSPS) is 12.8. The van der Waals surface area contributed by atoms with Crippen molar-refractivity contribution in [3.8, 4) is 11.1 Å². The number of carbonyl (C=O) groups is 1. The minimum atomic E-state index is -4.14. The molecule has 0 spiro atoms. The van der Waals surface area contributed by atoms with Crippen molar-refractivity contribution < 1.29 is 13.2 Å². The summed E-state index contributed by atoms with van der Waals surface area (Å²) in [5, 5.41) is 2.92. The van der Waals surface area contributed by atoms with Gasteiger partial charge in [-0.3, -0.25) is 9.78 Å². The van der Waals surface area contributed by atoms with Crippen LogP contribution in [0.3, 0.4) is 0 Å².